The minimum atomic E-state index is -0.394. The van der Waals surface area contributed by atoms with Crippen molar-refractivity contribution in [3.63, 3.8) is 0 Å². The van der Waals surface area contributed by atoms with E-state index >= 15 is 0 Å². The molecule has 0 N–H and O–H groups in total. The average molecular weight is 387 g/mol. The molecule has 0 atom stereocenters. The van der Waals surface area contributed by atoms with Crippen molar-refractivity contribution >= 4 is 16.7 Å². The second-order valence-electron chi connectivity index (χ2n) is 6.70. The van der Waals surface area contributed by atoms with Gasteiger partial charge in [-0.2, -0.15) is 9.78 Å². The summed E-state index contributed by atoms with van der Waals surface area (Å²) in [5.74, 6) is -0.770. The predicted octanol–water partition coefficient (Wildman–Crippen LogP) is 3.80. The van der Waals surface area contributed by atoms with Crippen LogP contribution in [0, 0.1) is 5.82 Å². The molecule has 0 unspecified atom stereocenters. The van der Waals surface area contributed by atoms with E-state index in [4.69, 9.17) is 0 Å². The lowest BCUT2D eigenvalue weighted by Crippen LogP contribution is -2.31. The van der Waals surface area contributed by atoms with E-state index in [1.807, 2.05) is 6.07 Å². The maximum absolute atomic E-state index is 14.0. The van der Waals surface area contributed by atoms with E-state index in [-0.39, 0.29) is 23.6 Å². The molecule has 3 aromatic carbocycles. The Morgan fingerprint density at radius 2 is 1.55 bits per heavy atom. The lowest BCUT2D eigenvalue weighted by atomic mass is 10.1. The van der Waals surface area contributed by atoms with Gasteiger partial charge < -0.3 is 4.90 Å². The molecule has 1 heterocycles. The molecule has 0 spiro atoms. The first-order valence-electron chi connectivity index (χ1n) is 9.12. The highest BCUT2D eigenvalue weighted by molar-refractivity contribution is 6.04. The third kappa shape index (κ3) is 3.52. The molecule has 144 valence electrons. The first-order chi connectivity index (χ1) is 14.1. The van der Waals surface area contributed by atoms with Crippen LogP contribution in [0.15, 0.2) is 83.7 Å². The molecule has 0 bridgehead atoms. The van der Waals surface area contributed by atoms with E-state index in [0.717, 1.165) is 0 Å². The van der Waals surface area contributed by atoms with E-state index in [0.29, 0.717) is 22.0 Å². The van der Waals surface area contributed by atoms with Crippen LogP contribution < -0.4 is 5.56 Å². The second kappa shape index (κ2) is 7.67. The molecule has 5 nitrogen and oxygen atoms in total. The fraction of sp³-hybridized carbons (Fsp3) is 0.0870. The van der Waals surface area contributed by atoms with Gasteiger partial charge in [0.05, 0.1) is 11.1 Å². The summed E-state index contributed by atoms with van der Waals surface area (Å²) < 4.78 is 15.2. The molecule has 1 amide bonds. The number of aromatic nitrogens is 2. The molecule has 0 fully saturated rings. The van der Waals surface area contributed by atoms with Gasteiger partial charge in [0.2, 0.25) is 0 Å². The quantitative estimate of drug-likeness (QED) is 0.535. The largest absolute Gasteiger partial charge is 0.336 e. The molecule has 0 aliphatic heterocycles. The molecule has 0 aliphatic carbocycles. The molecule has 0 aliphatic rings. The zero-order valence-electron chi connectivity index (χ0n) is 15.7. The highest BCUT2D eigenvalue weighted by atomic mass is 19.1. The molecule has 0 saturated carbocycles. The average Bonchev–Trinajstić information content (AvgIpc) is 2.76. The van der Waals surface area contributed by atoms with Gasteiger partial charge in [-0.05, 0) is 24.3 Å². The van der Waals surface area contributed by atoms with E-state index in [9.17, 15) is 14.0 Å². The predicted molar refractivity (Wildman–Crippen MR) is 110 cm³/mol. The van der Waals surface area contributed by atoms with E-state index in [1.165, 1.54) is 15.6 Å². The van der Waals surface area contributed by atoms with Crippen molar-refractivity contribution in [2.24, 2.45) is 0 Å². The summed E-state index contributed by atoms with van der Waals surface area (Å²) in [4.78, 5) is 27.5. The van der Waals surface area contributed by atoms with Gasteiger partial charge in [-0.3, -0.25) is 9.59 Å². The number of rotatable bonds is 4. The van der Waals surface area contributed by atoms with Crippen LogP contribution in [0.1, 0.15) is 16.1 Å². The molecular formula is C23H18FN3O2. The van der Waals surface area contributed by atoms with Crippen molar-refractivity contribution in [3.05, 3.63) is 106 Å². The fourth-order valence-corrected chi connectivity index (χ4v) is 3.23. The summed E-state index contributed by atoms with van der Waals surface area (Å²) in [5.41, 5.74) is 0.807. The van der Waals surface area contributed by atoms with Gasteiger partial charge in [0.15, 0.2) is 5.69 Å². The summed E-state index contributed by atoms with van der Waals surface area (Å²) in [5, 5.41) is 5.24. The van der Waals surface area contributed by atoms with Crippen molar-refractivity contribution in [3.8, 4) is 5.69 Å². The molecule has 1 aromatic heterocycles. The standard InChI is InChI=1S/C23H18FN3O2/c1-26(15-16-9-5-8-14-20(16)24)23(29)21-18-12-6-7-13-19(18)22(28)27(25-21)17-10-3-2-4-11-17/h2-14H,15H2,1H3. The molecule has 0 saturated heterocycles. The Balaban J connectivity index is 1.82. The Morgan fingerprint density at radius 3 is 2.28 bits per heavy atom. The molecule has 4 rings (SSSR count). The second-order valence-corrected chi connectivity index (χ2v) is 6.70. The number of para-hydroxylation sites is 1. The van der Waals surface area contributed by atoms with Crippen LogP contribution in [0.2, 0.25) is 0 Å². The SMILES string of the molecule is CN(Cc1ccccc1F)C(=O)c1nn(-c2ccccc2)c(=O)c2ccccc12. The number of halogens is 1. The van der Waals surface area contributed by atoms with E-state index in [2.05, 4.69) is 5.10 Å². The lowest BCUT2D eigenvalue weighted by Gasteiger charge is -2.19. The van der Waals surface area contributed by atoms with Crippen molar-refractivity contribution in [1.82, 2.24) is 14.7 Å². The summed E-state index contributed by atoms with van der Waals surface area (Å²) in [6.45, 7) is 0.0893. The van der Waals surface area contributed by atoms with E-state index in [1.54, 1.807) is 73.8 Å². The number of hydrogen-bond acceptors (Lipinski definition) is 3. The van der Waals surface area contributed by atoms with Crippen molar-refractivity contribution < 1.29 is 9.18 Å². The van der Waals surface area contributed by atoms with Crippen molar-refractivity contribution in [2.45, 2.75) is 6.54 Å². The number of carbonyl (C=O) groups is 1. The molecular weight excluding hydrogens is 369 g/mol. The summed E-state index contributed by atoms with van der Waals surface area (Å²) in [7, 11) is 1.59. The first kappa shape index (κ1) is 18.6. The first-order valence-corrected chi connectivity index (χ1v) is 9.12. The molecule has 4 aromatic rings. The molecule has 29 heavy (non-hydrogen) atoms. The third-order valence-electron chi connectivity index (χ3n) is 4.72. The number of amides is 1. The number of hydrogen-bond donors (Lipinski definition) is 0. The zero-order valence-corrected chi connectivity index (χ0v) is 15.7. The van der Waals surface area contributed by atoms with Gasteiger partial charge >= 0.3 is 0 Å². The van der Waals surface area contributed by atoms with Gasteiger partial charge in [-0.15, -0.1) is 0 Å². The Hall–Kier alpha value is -3.80. The third-order valence-corrected chi connectivity index (χ3v) is 4.72. The Kier molecular flexibility index (Phi) is 4.91. The smallest absolute Gasteiger partial charge is 0.279 e. The summed E-state index contributed by atoms with van der Waals surface area (Å²) in [6, 6.07) is 22.1. The van der Waals surface area contributed by atoms with Crippen LogP contribution in [0.25, 0.3) is 16.5 Å². The Bertz CT molecular complexity index is 1250. The maximum Gasteiger partial charge on any atom is 0.279 e. The normalized spacial score (nSPS) is 10.8. The lowest BCUT2D eigenvalue weighted by molar-refractivity contribution is 0.0778. The maximum atomic E-state index is 14.0. The van der Waals surface area contributed by atoms with Crippen molar-refractivity contribution in [1.29, 1.82) is 0 Å². The minimum absolute atomic E-state index is 0.0893. The minimum Gasteiger partial charge on any atom is -0.336 e. The van der Waals surface area contributed by atoms with Crippen LogP contribution >= 0.6 is 0 Å². The topological polar surface area (TPSA) is 55.2 Å². The van der Waals surface area contributed by atoms with Gasteiger partial charge in [0.25, 0.3) is 11.5 Å². The van der Waals surface area contributed by atoms with Gasteiger partial charge in [-0.1, -0.05) is 54.6 Å². The number of nitrogens with zero attached hydrogens (tertiary/aromatic N) is 3. The van der Waals surface area contributed by atoms with Crippen LogP contribution in [0.4, 0.5) is 4.39 Å². The summed E-state index contributed by atoms with van der Waals surface area (Å²) >= 11 is 0. The highest BCUT2D eigenvalue weighted by Crippen LogP contribution is 2.18. The van der Waals surface area contributed by atoms with Crippen LogP contribution in [-0.4, -0.2) is 27.6 Å². The fourth-order valence-electron chi connectivity index (χ4n) is 3.23. The van der Waals surface area contributed by atoms with Crippen LogP contribution in [0.5, 0.6) is 0 Å². The number of carbonyl (C=O) groups excluding carboxylic acids is 1. The van der Waals surface area contributed by atoms with Crippen molar-refractivity contribution in [2.75, 3.05) is 7.05 Å². The zero-order chi connectivity index (χ0) is 20.4. The Morgan fingerprint density at radius 1 is 0.931 bits per heavy atom. The number of benzene rings is 3. The summed E-state index contributed by atoms with van der Waals surface area (Å²) in [6.07, 6.45) is 0. The van der Waals surface area contributed by atoms with E-state index < -0.39 is 5.91 Å². The molecule has 6 heteroatoms. The highest BCUT2D eigenvalue weighted by Gasteiger charge is 2.21. The Labute approximate surface area is 166 Å². The van der Waals surface area contributed by atoms with Crippen LogP contribution in [-0.2, 0) is 6.54 Å². The monoisotopic (exact) mass is 387 g/mol. The van der Waals surface area contributed by atoms with Gasteiger partial charge in [-0.25, -0.2) is 4.39 Å². The molecule has 0 radical (unpaired) electrons. The van der Waals surface area contributed by atoms with Gasteiger partial charge in [0, 0.05) is 24.5 Å². The van der Waals surface area contributed by atoms with Crippen LogP contribution in [0.3, 0.4) is 0 Å². The number of fused-ring (bicyclic) bond motifs is 1. The van der Waals surface area contributed by atoms with Gasteiger partial charge in [0.1, 0.15) is 5.82 Å².